The van der Waals surface area contributed by atoms with Crippen molar-refractivity contribution in [3.05, 3.63) is 65.4 Å². The molecule has 7 nitrogen and oxygen atoms in total. The molecule has 0 aliphatic carbocycles. The summed E-state index contributed by atoms with van der Waals surface area (Å²) in [7, 11) is 0. The third kappa shape index (κ3) is 3.37. The Morgan fingerprint density at radius 1 is 1.07 bits per heavy atom. The molecule has 0 bridgehead atoms. The normalized spacial score (nSPS) is 11.5. The van der Waals surface area contributed by atoms with E-state index in [1.165, 1.54) is 23.0 Å². The first-order valence-corrected chi connectivity index (χ1v) is 8.72. The number of aromatic nitrogens is 4. The van der Waals surface area contributed by atoms with E-state index >= 15 is 0 Å². The number of benzene rings is 2. The van der Waals surface area contributed by atoms with Crippen LogP contribution in [0.1, 0.15) is 16.7 Å². The van der Waals surface area contributed by atoms with Gasteiger partial charge in [-0.3, -0.25) is 0 Å². The van der Waals surface area contributed by atoms with Crippen LogP contribution in [-0.2, 0) is 12.7 Å². The molecule has 4 rings (SSSR count). The molecule has 4 N–H and O–H groups in total. The van der Waals surface area contributed by atoms with Gasteiger partial charge in [0.2, 0.25) is 5.95 Å². The quantitative estimate of drug-likeness (QED) is 0.499. The summed E-state index contributed by atoms with van der Waals surface area (Å²) in [6, 6.07) is 12.7. The van der Waals surface area contributed by atoms with Crippen LogP contribution in [0.5, 0.6) is 0 Å². The highest BCUT2D eigenvalue weighted by Gasteiger charge is 2.33. The van der Waals surface area contributed by atoms with Gasteiger partial charge in [0.25, 0.3) is 0 Å². The lowest BCUT2D eigenvalue weighted by Gasteiger charge is -2.12. The van der Waals surface area contributed by atoms with Crippen molar-refractivity contribution < 1.29 is 13.2 Å². The second kappa shape index (κ2) is 7.04. The summed E-state index contributed by atoms with van der Waals surface area (Å²) in [6.07, 6.45) is -3.06. The van der Waals surface area contributed by atoms with Gasteiger partial charge >= 0.3 is 6.18 Å². The van der Waals surface area contributed by atoms with Crippen LogP contribution in [0.25, 0.3) is 22.3 Å². The first kappa shape index (κ1) is 19.2. The molecule has 0 radical (unpaired) electrons. The summed E-state index contributed by atoms with van der Waals surface area (Å²) in [5.41, 5.74) is 12.1. The van der Waals surface area contributed by atoms with E-state index in [2.05, 4.69) is 21.1 Å². The van der Waals surface area contributed by atoms with Crippen LogP contribution in [0, 0.1) is 11.3 Å². The Hall–Kier alpha value is -4.13. The molecule has 150 valence electrons. The van der Waals surface area contributed by atoms with Crippen molar-refractivity contribution in [2.75, 3.05) is 11.5 Å². The minimum atomic E-state index is -4.56. The molecular formula is C20H14F3N7. The number of hydrogen-bond donors (Lipinski definition) is 2. The molecular weight excluding hydrogens is 395 g/mol. The molecule has 0 aliphatic rings. The molecule has 0 fully saturated rings. The molecule has 0 saturated carbocycles. The summed E-state index contributed by atoms with van der Waals surface area (Å²) in [4.78, 5) is 8.45. The zero-order valence-corrected chi connectivity index (χ0v) is 15.4. The third-order valence-electron chi connectivity index (χ3n) is 4.57. The van der Waals surface area contributed by atoms with Gasteiger partial charge < -0.3 is 11.5 Å². The smallest absolute Gasteiger partial charge is 0.398 e. The van der Waals surface area contributed by atoms with Crippen LogP contribution in [0.4, 0.5) is 24.8 Å². The van der Waals surface area contributed by atoms with Crippen molar-refractivity contribution >= 4 is 22.7 Å². The monoisotopic (exact) mass is 409 g/mol. The van der Waals surface area contributed by atoms with Crippen molar-refractivity contribution in [3.63, 3.8) is 0 Å². The first-order valence-electron chi connectivity index (χ1n) is 8.72. The Bertz CT molecular complexity index is 1300. The standard InChI is InChI=1S/C20H14F3N7/c21-20(22,23)15-7-11(5-6-16(15)25)10-30-18-14(9-27-30)17(28-19(26)29-18)13-4-2-1-3-12(13)8-24/h1-7,9H,10,25H2,(H2,26,28,29). The molecule has 0 spiro atoms. The number of alkyl halides is 3. The molecule has 10 heteroatoms. The second-order valence-corrected chi connectivity index (χ2v) is 6.55. The van der Waals surface area contributed by atoms with Gasteiger partial charge in [-0.25, -0.2) is 9.67 Å². The van der Waals surface area contributed by atoms with E-state index in [9.17, 15) is 18.4 Å². The summed E-state index contributed by atoms with van der Waals surface area (Å²) in [5, 5.41) is 14.2. The second-order valence-electron chi connectivity index (χ2n) is 6.55. The maximum atomic E-state index is 13.2. The fourth-order valence-corrected chi connectivity index (χ4v) is 3.20. The molecule has 0 amide bonds. The average Bonchev–Trinajstić information content (AvgIpc) is 3.10. The van der Waals surface area contributed by atoms with Gasteiger partial charge in [-0.2, -0.15) is 28.5 Å². The summed E-state index contributed by atoms with van der Waals surface area (Å²) in [6.45, 7) is 0.0165. The average molecular weight is 409 g/mol. The number of nitrogens with two attached hydrogens (primary N) is 2. The van der Waals surface area contributed by atoms with Gasteiger partial charge in [-0.15, -0.1) is 0 Å². The largest absolute Gasteiger partial charge is 0.418 e. The van der Waals surface area contributed by atoms with Crippen LogP contribution in [0.3, 0.4) is 0 Å². The fourth-order valence-electron chi connectivity index (χ4n) is 3.20. The third-order valence-corrected chi connectivity index (χ3v) is 4.57. The predicted octanol–water partition coefficient (Wildman–Crippen LogP) is 3.60. The van der Waals surface area contributed by atoms with Crippen molar-refractivity contribution in [2.24, 2.45) is 0 Å². The Morgan fingerprint density at radius 2 is 1.83 bits per heavy atom. The van der Waals surface area contributed by atoms with E-state index in [4.69, 9.17) is 11.5 Å². The van der Waals surface area contributed by atoms with Crippen LogP contribution in [-0.4, -0.2) is 19.7 Å². The molecule has 2 aromatic carbocycles. The van der Waals surface area contributed by atoms with Crippen molar-refractivity contribution in [2.45, 2.75) is 12.7 Å². The van der Waals surface area contributed by atoms with Crippen molar-refractivity contribution in [1.29, 1.82) is 5.26 Å². The zero-order valence-electron chi connectivity index (χ0n) is 15.4. The molecule has 2 aromatic heterocycles. The lowest BCUT2D eigenvalue weighted by Crippen LogP contribution is -2.11. The Kier molecular flexibility index (Phi) is 4.50. The highest BCUT2D eigenvalue weighted by atomic mass is 19.4. The van der Waals surface area contributed by atoms with Gasteiger partial charge in [0, 0.05) is 11.3 Å². The van der Waals surface area contributed by atoms with Crippen molar-refractivity contribution in [1.82, 2.24) is 19.7 Å². The van der Waals surface area contributed by atoms with Crippen LogP contribution < -0.4 is 11.5 Å². The van der Waals surface area contributed by atoms with E-state index in [1.807, 2.05) is 0 Å². The molecule has 0 aliphatic heterocycles. The molecule has 2 heterocycles. The van der Waals surface area contributed by atoms with Gasteiger partial charge in [0.15, 0.2) is 5.65 Å². The highest BCUT2D eigenvalue weighted by Crippen LogP contribution is 2.34. The van der Waals surface area contributed by atoms with Gasteiger partial charge in [0.05, 0.1) is 41.0 Å². The van der Waals surface area contributed by atoms with E-state index in [-0.39, 0.29) is 18.2 Å². The van der Waals surface area contributed by atoms with Gasteiger partial charge in [0.1, 0.15) is 0 Å². The number of halogens is 3. The molecule has 0 unspecified atom stereocenters. The number of nitriles is 1. The summed E-state index contributed by atoms with van der Waals surface area (Å²) in [5.74, 6) is -0.0414. The molecule has 4 aromatic rings. The van der Waals surface area contributed by atoms with E-state index in [0.29, 0.717) is 33.4 Å². The SMILES string of the molecule is N#Cc1ccccc1-c1nc(N)nc2c1cnn2Cc1ccc(N)c(C(F)(F)F)c1. The summed E-state index contributed by atoms with van der Waals surface area (Å²) >= 11 is 0. The highest BCUT2D eigenvalue weighted by molar-refractivity contribution is 5.92. The Balaban J connectivity index is 1.82. The zero-order chi connectivity index (χ0) is 21.5. The maximum absolute atomic E-state index is 13.2. The number of rotatable bonds is 3. The number of nitrogens with zero attached hydrogens (tertiary/aromatic N) is 5. The number of hydrogen-bond acceptors (Lipinski definition) is 6. The lowest BCUT2D eigenvalue weighted by atomic mass is 10.0. The minimum absolute atomic E-state index is 0.0165. The number of fused-ring (bicyclic) bond motifs is 1. The van der Waals surface area contributed by atoms with Crippen LogP contribution >= 0.6 is 0 Å². The maximum Gasteiger partial charge on any atom is 0.418 e. The predicted molar refractivity (Wildman–Crippen MR) is 105 cm³/mol. The number of anilines is 2. The summed E-state index contributed by atoms with van der Waals surface area (Å²) < 4.78 is 40.9. The molecule has 0 saturated heterocycles. The van der Waals surface area contributed by atoms with Crippen LogP contribution in [0.15, 0.2) is 48.7 Å². The van der Waals surface area contributed by atoms with Gasteiger partial charge in [-0.05, 0) is 23.8 Å². The van der Waals surface area contributed by atoms with Gasteiger partial charge in [-0.1, -0.05) is 24.3 Å². The van der Waals surface area contributed by atoms with E-state index in [1.54, 1.807) is 24.3 Å². The first-order chi connectivity index (χ1) is 14.3. The van der Waals surface area contributed by atoms with E-state index in [0.717, 1.165) is 6.07 Å². The fraction of sp³-hybridized carbons (Fsp3) is 0.100. The van der Waals surface area contributed by atoms with Crippen LogP contribution in [0.2, 0.25) is 0 Å². The topological polar surface area (TPSA) is 119 Å². The van der Waals surface area contributed by atoms with E-state index < -0.39 is 11.7 Å². The molecule has 0 atom stereocenters. The lowest BCUT2D eigenvalue weighted by molar-refractivity contribution is -0.136. The Labute approximate surface area is 168 Å². The number of nitrogen functional groups attached to an aromatic ring is 2. The van der Waals surface area contributed by atoms with Crippen molar-refractivity contribution in [3.8, 4) is 17.3 Å². The molecule has 30 heavy (non-hydrogen) atoms. The Morgan fingerprint density at radius 3 is 2.57 bits per heavy atom. The minimum Gasteiger partial charge on any atom is -0.398 e.